The summed E-state index contributed by atoms with van der Waals surface area (Å²) in [5.74, 6) is -2.97. The molecule has 2 heterocycles. The maximum atomic E-state index is 14.0. The first-order valence-electron chi connectivity index (χ1n) is 10.0. The maximum absolute atomic E-state index is 14.0. The minimum Gasteiger partial charge on any atom is -0.461 e. The summed E-state index contributed by atoms with van der Waals surface area (Å²) in [4.78, 5) is 29.0. The third kappa shape index (κ3) is 4.62. The molecule has 1 N–H and O–H groups in total. The lowest BCUT2D eigenvalue weighted by Gasteiger charge is -2.10. The highest BCUT2D eigenvalue weighted by molar-refractivity contribution is 6.05. The second kappa shape index (κ2) is 9.39. The number of carbonyl (C=O) groups excluding carboxylic acids is 2. The Kier molecular flexibility index (Phi) is 6.21. The Morgan fingerprint density at radius 2 is 1.76 bits per heavy atom. The van der Waals surface area contributed by atoms with E-state index in [9.17, 15) is 18.4 Å². The van der Waals surface area contributed by atoms with Crippen LogP contribution in [-0.2, 0) is 4.74 Å². The van der Waals surface area contributed by atoms with Gasteiger partial charge in [-0.25, -0.2) is 23.2 Å². The minimum absolute atomic E-state index is 0.0837. The summed E-state index contributed by atoms with van der Waals surface area (Å²) in [6, 6.07) is 16.6. The number of anilines is 1. The average molecular weight is 448 g/mol. The number of pyridine rings is 1. The molecule has 1 amide bonds. The monoisotopic (exact) mass is 448 g/mol. The van der Waals surface area contributed by atoms with E-state index in [1.165, 1.54) is 10.7 Å². The summed E-state index contributed by atoms with van der Waals surface area (Å²) in [6.45, 7) is 1.89. The molecule has 0 aliphatic heterocycles. The van der Waals surface area contributed by atoms with Gasteiger partial charge < -0.3 is 10.1 Å². The smallest absolute Gasteiger partial charge is 0.358 e. The molecule has 0 bridgehead atoms. The fourth-order valence-corrected chi connectivity index (χ4v) is 3.21. The number of ether oxygens (including phenoxy) is 1. The second-order valence-electron chi connectivity index (χ2n) is 6.87. The molecule has 9 heteroatoms. The van der Waals surface area contributed by atoms with Crippen LogP contribution in [0, 0.1) is 11.6 Å². The number of hydrogen-bond donors (Lipinski definition) is 1. The number of benzene rings is 2. The number of nitrogens with one attached hydrogen (secondary N) is 1. The van der Waals surface area contributed by atoms with Crippen LogP contribution in [0.1, 0.15) is 27.8 Å². The van der Waals surface area contributed by atoms with Gasteiger partial charge in [-0.2, -0.15) is 5.10 Å². The van der Waals surface area contributed by atoms with Crippen LogP contribution >= 0.6 is 0 Å². The molecular weight excluding hydrogens is 430 g/mol. The quantitative estimate of drug-likeness (QED) is 0.434. The first-order valence-corrected chi connectivity index (χ1v) is 10.0. The average Bonchev–Trinajstić information content (AvgIpc) is 3.26. The highest BCUT2D eigenvalue weighted by Crippen LogP contribution is 2.27. The van der Waals surface area contributed by atoms with Crippen LogP contribution < -0.4 is 5.32 Å². The van der Waals surface area contributed by atoms with E-state index in [4.69, 9.17) is 4.74 Å². The molecule has 0 atom stereocenters. The number of carbonyl (C=O) groups is 2. The standard InChI is InChI=1S/C24H18F2N4O3/c1-2-33-24(32)19-14-20(30(29-19)21-11-3-4-12-27-21)15-7-5-8-16(13-15)28-23(31)22-17(25)9-6-10-18(22)26/h3-14H,2H2,1H3,(H,28,31). The molecule has 0 saturated heterocycles. The summed E-state index contributed by atoms with van der Waals surface area (Å²) in [5, 5.41) is 6.83. The first kappa shape index (κ1) is 21.8. The molecule has 0 aliphatic rings. The zero-order valence-electron chi connectivity index (χ0n) is 17.5. The molecule has 4 aromatic rings. The van der Waals surface area contributed by atoms with E-state index in [1.54, 1.807) is 61.7 Å². The fourth-order valence-electron chi connectivity index (χ4n) is 3.21. The minimum atomic E-state index is -0.962. The Labute approximate surface area is 187 Å². The van der Waals surface area contributed by atoms with Crippen LogP contribution in [0.2, 0.25) is 0 Å². The highest BCUT2D eigenvalue weighted by Gasteiger charge is 2.20. The highest BCUT2D eigenvalue weighted by atomic mass is 19.1. The van der Waals surface area contributed by atoms with E-state index < -0.39 is 29.1 Å². The Balaban J connectivity index is 1.72. The predicted octanol–water partition coefficient (Wildman–Crippen LogP) is 4.64. The van der Waals surface area contributed by atoms with Gasteiger partial charge in [-0.3, -0.25) is 4.79 Å². The molecule has 7 nitrogen and oxygen atoms in total. The molecule has 2 aromatic heterocycles. The lowest BCUT2D eigenvalue weighted by Crippen LogP contribution is -2.15. The van der Waals surface area contributed by atoms with Crippen molar-refractivity contribution in [1.82, 2.24) is 14.8 Å². The third-order valence-corrected chi connectivity index (χ3v) is 4.67. The third-order valence-electron chi connectivity index (χ3n) is 4.67. The number of esters is 1. The fraction of sp³-hybridized carbons (Fsp3) is 0.0833. The van der Waals surface area contributed by atoms with Crippen LogP contribution in [0.3, 0.4) is 0 Å². The van der Waals surface area contributed by atoms with Crippen molar-refractivity contribution < 1.29 is 23.1 Å². The van der Waals surface area contributed by atoms with Crippen molar-refractivity contribution in [3.05, 3.63) is 95.8 Å². The molecule has 0 saturated carbocycles. The lowest BCUT2D eigenvalue weighted by atomic mass is 10.1. The van der Waals surface area contributed by atoms with Crippen LogP contribution in [0.5, 0.6) is 0 Å². The topological polar surface area (TPSA) is 86.1 Å². The van der Waals surface area contributed by atoms with E-state index in [0.29, 0.717) is 22.8 Å². The zero-order chi connectivity index (χ0) is 23.4. The summed E-state index contributed by atoms with van der Waals surface area (Å²) in [6.07, 6.45) is 1.59. The van der Waals surface area contributed by atoms with Crippen LogP contribution in [0.25, 0.3) is 17.1 Å². The summed E-state index contributed by atoms with van der Waals surface area (Å²) in [7, 11) is 0. The van der Waals surface area contributed by atoms with Gasteiger partial charge in [0.15, 0.2) is 11.5 Å². The van der Waals surface area contributed by atoms with Crippen molar-refractivity contribution in [3.63, 3.8) is 0 Å². The van der Waals surface area contributed by atoms with Crippen LogP contribution in [0.4, 0.5) is 14.5 Å². The van der Waals surface area contributed by atoms with Gasteiger partial charge in [-0.15, -0.1) is 0 Å². The Morgan fingerprint density at radius 1 is 1.00 bits per heavy atom. The molecule has 0 aliphatic carbocycles. The van der Waals surface area contributed by atoms with Crippen molar-refractivity contribution in [1.29, 1.82) is 0 Å². The van der Waals surface area contributed by atoms with Crippen molar-refractivity contribution in [2.24, 2.45) is 0 Å². The Hall–Kier alpha value is -4.40. The lowest BCUT2D eigenvalue weighted by molar-refractivity contribution is 0.0518. The number of amides is 1. The maximum Gasteiger partial charge on any atom is 0.358 e. The summed E-state index contributed by atoms with van der Waals surface area (Å²) < 4.78 is 34.5. The number of hydrogen-bond acceptors (Lipinski definition) is 5. The molecule has 0 fully saturated rings. The molecule has 166 valence electrons. The van der Waals surface area contributed by atoms with Gasteiger partial charge >= 0.3 is 5.97 Å². The summed E-state index contributed by atoms with van der Waals surface area (Å²) in [5.41, 5.74) is 0.790. The van der Waals surface area contributed by atoms with Gasteiger partial charge in [-0.1, -0.05) is 24.3 Å². The van der Waals surface area contributed by atoms with E-state index in [1.807, 2.05) is 0 Å². The van der Waals surface area contributed by atoms with Gasteiger partial charge in [0.05, 0.1) is 12.3 Å². The normalized spacial score (nSPS) is 10.6. The molecule has 33 heavy (non-hydrogen) atoms. The van der Waals surface area contributed by atoms with E-state index in [2.05, 4.69) is 15.4 Å². The molecule has 0 unspecified atom stereocenters. The zero-order valence-corrected chi connectivity index (χ0v) is 17.5. The molecule has 0 spiro atoms. The predicted molar refractivity (Wildman–Crippen MR) is 117 cm³/mol. The number of halogens is 2. The van der Waals surface area contributed by atoms with E-state index in [0.717, 1.165) is 12.1 Å². The molecular formula is C24H18F2N4O3. The largest absolute Gasteiger partial charge is 0.461 e. The SMILES string of the molecule is CCOC(=O)c1cc(-c2cccc(NC(=O)c3c(F)cccc3F)c2)n(-c2ccccn2)n1. The van der Waals surface area contributed by atoms with Crippen molar-refractivity contribution in [2.45, 2.75) is 6.92 Å². The first-order chi connectivity index (χ1) is 16.0. The van der Waals surface area contributed by atoms with Gasteiger partial charge in [-0.05, 0) is 49.4 Å². The molecule has 2 aromatic carbocycles. The van der Waals surface area contributed by atoms with E-state index >= 15 is 0 Å². The van der Waals surface area contributed by atoms with Gasteiger partial charge in [0.1, 0.15) is 17.2 Å². The number of rotatable bonds is 6. The van der Waals surface area contributed by atoms with Crippen LogP contribution in [-0.4, -0.2) is 33.2 Å². The summed E-state index contributed by atoms with van der Waals surface area (Å²) >= 11 is 0. The number of nitrogens with zero attached hydrogens (tertiary/aromatic N) is 3. The van der Waals surface area contributed by atoms with Gasteiger partial charge in [0, 0.05) is 17.4 Å². The van der Waals surface area contributed by atoms with Gasteiger partial charge in [0.2, 0.25) is 0 Å². The Morgan fingerprint density at radius 3 is 2.45 bits per heavy atom. The molecule has 4 rings (SSSR count). The van der Waals surface area contributed by atoms with Gasteiger partial charge in [0.25, 0.3) is 5.91 Å². The molecule has 0 radical (unpaired) electrons. The van der Waals surface area contributed by atoms with Crippen LogP contribution in [0.15, 0.2) is 72.9 Å². The van der Waals surface area contributed by atoms with Crippen molar-refractivity contribution in [2.75, 3.05) is 11.9 Å². The second-order valence-corrected chi connectivity index (χ2v) is 6.87. The van der Waals surface area contributed by atoms with Crippen molar-refractivity contribution >= 4 is 17.6 Å². The van der Waals surface area contributed by atoms with Crippen molar-refractivity contribution in [3.8, 4) is 17.1 Å². The van der Waals surface area contributed by atoms with E-state index in [-0.39, 0.29) is 12.3 Å². The number of aromatic nitrogens is 3. The Bertz CT molecular complexity index is 1300.